The number of hydrogen-bond donors (Lipinski definition) is 2. The van der Waals surface area contributed by atoms with Crippen molar-refractivity contribution in [3.63, 3.8) is 0 Å². The van der Waals surface area contributed by atoms with Crippen LogP contribution >= 0.6 is 23.4 Å². The highest BCUT2D eigenvalue weighted by Gasteiger charge is 2.12. The summed E-state index contributed by atoms with van der Waals surface area (Å²) in [6.45, 7) is 1.43. The van der Waals surface area contributed by atoms with Gasteiger partial charge in [0.15, 0.2) is 9.84 Å². The summed E-state index contributed by atoms with van der Waals surface area (Å²) < 4.78 is 23.2. The van der Waals surface area contributed by atoms with Crippen LogP contribution in [-0.4, -0.2) is 32.2 Å². The summed E-state index contributed by atoms with van der Waals surface area (Å²) in [6, 6.07) is 11.2. The lowest BCUT2D eigenvalue weighted by molar-refractivity contribution is -0.114. The minimum absolute atomic E-state index is 0.0819. The molecule has 0 aliphatic carbocycles. The van der Waals surface area contributed by atoms with Gasteiger partial charge in [-0.1, -0.05) is 11.6 Å². The Kier molecular flexibility index (Phi) is 6.69. The number of hydrogen-bond acceptors (Lipinski definition) is 5. The van der Waals surface area contributed by atoms with E-state index in [2.05, 4.69) is 10.6 Å². The van der Waals surface area contributed by atoms with E-state index in [-0.39, 0.29) is 33.2 Å². The first-order chi connectivity index (χ1) is 12.1. The SMILES string of the molecule is CC(=O)Nc1ccc(SCC(=O)Nc2cc(S(C)(=O)=O)ccc2Cl)cc1. The molecule has 0 radical (unpaired) electrons. The lowest BCUT2D eigenvalue weighted by Gasteiger charge is -2.09. The normalized spacial score (nSPS) is 11.0. The van der Waals surface area contributed by atoms with Crippen LogP contribution in [0.3, 0.4) is 0 Å². The molecule has 0 fully saturated rings. The summed E-state index contributed by atoms with van der Waals surface area (Å²) >= 11 is 7.32. The van der Waals surface area contributed by atoms with E-state index >= 15 is 0 Å². The van der Waals surface area contributed by atoms with Crippen LogP contribution in [0.5, 0.6) is 0 Å². The molecule has 2 rings (SSSR count). The number of sulfone groups is 1. The van der Waals surface area contributed by atoms with E-state index in [1.54, 1.807) is 24.3 Å². The number of carbonyl (C=O) groups excluding carboxylic acids is 2. The van der Waals surface area contributed by atoms with E-state index in [1.165, 1.54) is 36.9 Å². The van der Waals surface area contributed by atoms with Crippen LogP contribution in [0.2, 0.25) is 5.02 Å². The average molecular weight is 413 g/mol. The molecule has 9 heteroatoms. The van der Waals surface area contributed by atoms with Gasteiger partial charge in [0.1, 0.15) is 0 Å². The Morgan fingerprint density at radius 3 is 2.31 bits per heavy atom. The van der Waals surface area contributed by atoms with Crippen molar-refractivity contribution in [1.29, 1.82) is 0 Å². The standard InChI is InChI=1S/C17H17ClN2O4S2/c1-11(21)19-12-3-5-13(6-4-12)25-10-17(22)20-16-9-14(26(2,23)24)7-8-15(16)18/h3-9H,10H2,1-2H3,(H,19,21)(H,20,22). The molecule has 0 aliphatic rings. The monoisotopic (exact) mass is 412 g/mol. The van der Waals surface area contributed by atoms with Gasteiger partial charge in [-0.3, -0.25) is 9.59 Å². The highest BCUT2D eigenvalue weighted by molar-refractivity contribution is 8.00. The van der Waals surface area contributed by atoms with Crippen molar-refractivity contribution in [3.05, 3.63) is 47.5 Å². The van der Waals surface area contributed by atoms with Gasteiger partial charge >= 0.3 is 0 Å². The Labute approximate surface area is 161 Å². The number of benzene rings is 2. The summed E-state index contributed by atoms with van der Waals surface area (Å²) in [7, 11) is -3.39. The molecule has 2 N–H and O–H groups in total. The van der Waals surface area contributed by atoms with E-state index in [0.717, 1.165) is 11.2 Å². The Balaban J connectivity index is 1.98. The number of carbonyl (C=O) groups is 2. The molecule has 138 valence electrons. The zero-order valence-electron chi connectivity index (χ0n) is 14.1. The van der Waals surface area contributed by atoms with Crippen molar-refractivity contribution >= 4 is 56.4 Å². The van der Waals surface area contributed by atoms with Crippen molar-refractivity contribution in [1.82, 2.24) is 0 Å². The molecular weight excluding hydrogens is 396 g/mol. The van der Waals surface area contributed by atoms with Crippen LogP contribution in [0.25, 0.3) is 0 Å². The number of anilines is 2. The zero-order chi connectivity index (χ0) is 19.3. The fourth-order valence-corrected chi connectivity index (χ4v) is 3.51. The summed E-state index contributed by atoms with van der Waals surface area (Å²) in [4.78, 5) is 24.0. The first-order valence-electron chi connectivity index (χ1n) is 7.45. The summed E-state index contributed by atoms with van der Waals surface area (Å²) in [5, 5.41) is 5.54. The molecule has 0 aliphatic heterocycles. The topological polar surface area (TPSA) is 92.3 Å². The van der Waals surface area contributed by atoms with E-state index in [9.17, 15) is 18.0 Å². The fraction of sp³-hybridized carbons (Fsp3) is 0.176. The number of thioether (sulfide) groups is 1. The first kappa shape index (κ1) is 20.3. The highest BCUT2D eigenvalue weighted by Crippen LogP contribution is 2.26. The van der Waals surface area contributed by atoms with Crippen molar-refractivity contribution < 1.29 is 18.0 Å². The van der Waals surface area contributed by atoms with Gasteiger partial charge in [0.2, 0.25) is 11.8 Å². The second-order valence-electron chi connectivity index (χ2n) is 5.46. The lowest BCUT2D eigenvalue weighted by Crippen LogP contribution is -2.14. The molecule has 0 bridgehead atoms. The van der Waals surface area contributed by atoms with Crippen LogP contribution in [0.4, 0.5) is 11.4 Å². The molecular formula is C17H17ClN2O4S2. The molecule has 2 aromatic carbocycles. The third-order valence-electron chi connectivity index (χ3n) is 3.18. The predicted molar refractivity (Wildman–Crippen MR) is 105 cm³/mol. The highest BCUT2D eigenvalue weighted by atomic mass is 35.5. The molecule has 0 saturated heterocycles. The van der Waals surface area contributed by atoms with E-state index in [1.807, 2.05) is 0 Å². The van der Waals surface area contributed by atoms with Crippen LogP contribution in [0.1, 0.15) is 6.92 Å². The summed E-state index contributed by atoms with van der Waals surface area (Å²) in [6.07, 6.45) is 1.09. The van der Waals surface area contributed by atoms with E-state index in [4.69, 9.17) is 11.6 Å². The quantitative estimate of drug-likeness (QED) is 0.709. The van der Waals surface area contributed by atoms with Gasteiger partial charge in [-0.15, -0.1) is 11.8 Å². The average Bonchev–Trinajstić information content (AvgIpc) is 2.54. The molecule has 0 atom stereocenters. The Morgan fingerprint density at radius 2 is 1.73 bits per heavy atom. The summed E-state index contributed by atoms with van der Waals surface area (Å²) in [5.74, 6) is -0.342. The zero-order valence-corrected chi connectivity index (χ0v) is 16.5. The van der Waals surface area contributed by atoms with Gasteiger partial charge in [-0.25, -0.2) is 8.42 Å². The van der Waals surface area contributed by atoms with Crippen molar-refractivity contribution in [2.45, 2.75) is 16.7 Å². The number of nitrogens with one attached hydrogen (secondary N) is 2. The van der Waals surface area contributed by atoms with Gasteiger partial charge < -0.3 is 10.6 Å². The second kappa shape index (κ2) is 8.57. The Morgan fingerprint density at radius 1 is 1.08 bits per heavy atom. The third-order valence-corrected chi connectivity index (χ3v) is 5.64. The van der Waals surface area contributed by atoms with Gasteiger partial charge in [0, 0.05) is 23.8 Å². The molecule has 2 aromatic rings. The predicted octanol–water partition coefficient (Wildman–Crippen LogP) is 3.43. The fourth-order valence-electron chi connectivity index (χ4n) is 2.00. The van der Waals surface area contributed by atoms with E-state index in [0.29, 0.717) is 5.69 Å². The maximum atomic E-state index is 12.1. The molecule has 6 nitrogen and oxygen atoms in total. The van der Waals surface area contributed by atoms with E-state index < -0.39 is 9.84 Å². The second-order valence-corrected chi connectivity index (χ2v) is 8.93. The number of rotatable bonds is 6. The van der Waals surface area contributed by atoms with Crippen LogP contribution < -0.4 is 10.6 Å². The maximum Gasteiger partial charge on any atom is 0.234 e. The molecule has 0 unspecified atom stereocenters. The minimum Gasteiger partial charge on any atom is -0.326 e. The molecule has 0 aromatic heterocycles. The van der Waals surface area contributed by atoms with Gasteiger partial charge in [-0.2, -0.15) is 0 Å². The van der Waals surface area contributed by atoms with Crippen molar-refractivity contribution in [2.75, 3.05) is 22.6 Å². The smallest absolute Gasteiger partial charge is 0.234 e. The number of halogens is 1. The third kappa shape index (κ3) is 6.05. The maximum absolute atomic E-state index is 12.1. The van der Waals surface area contributed by atoms with Crippen LogP contribution in [-0.2, 0) is 19.4 Å². The van der Waals surface area contributed by atoms with Gasteiger partial charge in [0.05, 0.1) is 21.4 Å². The first-order valence-corrected chi connectivity index (χ1v) is 10.7. The Bertz CT molecular complexity index is 928. The van der Waals surface area contributed by atoms with Crippen LogP contribution in [0.15, 0.2) is 52.3 Å². The molecule has 26 heavy (non-hydrogen) atoms. The van der Waals surface area contributed by atoms with Crippen molar-refractivity contribution in [3.8, 4) is 0 Å². The van der Waals surface area contributed by atoms with Gasteiger partial charge in [0.25, 0.3) is 0 Å². The lowest BCUT2D eigenvalue weighted by atomic mass is 10.3. The number of amides is 2. The molecule has 0 spiro atoms. The minimum atomic E-state index is -3.39. The summed E-state index contributed by atoms with van der Waals surface area (Å²) in [5.41, 5.74) is 0.928. The largest absolute Gasteiger partial charge is 0.326 e. The molecule has 0 heterocycles. The van der Waals surface area contributed by atoms with Crippen LogP contribution in [0, 0.1) is 0 Å². The van der Waals surface area contributed by atoms with Gasteiger partial charge in [-0.05, 0) is 42.5 Å². The molecule has 0 saturated carbocycles. The molecule has 2 amide bonds. The van der Waals surface area contributed by atoms with Crippen molar-refractivity contribution in [2.24, 2.45) is 0 Å². The Hall–Kier alpha value is -2.03.